The highest BCUT2D eigenvalue weighted by molar-refractivity contribution is 5.28. The Kier molecular flexibility index (Phi) is 2.62. The van der Waals surface area contributed by atoms with Gasteiger partial charge in [0.15, 0.2) is 0 Å². The average molecular weight is 111 g/mol. The summed E-state index contributed by atoms with van der Waals surface area (Å²) in [7, 11) is 0. The largest absolute Gasteiger partial charge is 0.493 e. The number of aliphatic hydroxyl groups excluding tert-OH is 1. The highest BCUT2D eigenvalue weighted by Gasteiger charge is 1.81. The molecule has 0 rings (SSSR count). The van der Waals surface area contributed by atoms with E-state index in [9.17, 15) is 0 Å². The molecule has 0 bridgehead atoms. The lowest BCUT2D eigenvalue weighted by molar-refractivity contribution is 0.407. The summed E-state index contributed by atoms with van der Waals surface area (Å²) in [5.74, 6) is -0.0856. The average Bonchev–Trinajstić information content (AvgIpc) is 1.65. The van der Waals surface area contributed by atoms with Crippen molar-refractivity contribution in [1.82, 2.24) is 0 Å². The second-order valence-electron chi connectivity index (χ2n) is 1.51. The van der Waals surface area contributed by atoms with Crippen LogP contribution in [-0.2, 0) is 0 Å². The van der Waals surface area contributed by atoms with Crippen LogP contribution in [0.15, 0.2) is 29.1 Å². The summed E-state index contributed by atoms with van der Waals surface area (Å²) in [6.07, 6.45) is 1.44. The molecule has 8 heavy (non-hydrogen) atoms. The monoisotopic (exact) mass is 111 g/mol. The number of allylic oxidation sites excluding steroid dienone is 2. The summed E-state index contributed by atoms with van der Waals surface area (Å²) >= 11 is 0. The zero-order valence-corrected chi connectivity index (χ0v) is 4.89. The molecule has 0 heterocycles. The maximum absolute atomic E-state index is 8.60. The van der Waals surface area contributed by atoms with Crippen LogP contribution < -0.4 is 0 Å². The van der Waals surface area contributed by atoms with E-state index in [1.54, 1.807) is 6.92 Å². The zero-order chi connectivity index (χ0) is 6.57. The lowest BCUT2D eigenvalue weighted by Crippen LogP contribution is -1.72. The predicted octanol–water partition coefficient (Wildman–Crippen LogP) is 1.66. The van der Waals surface area contributed by atoms with E-state index in [4.69, 9.17) is 5.11 Å². The molecule has 2 nitrogen and oxygen atoms in total. The molecule has 0 aromatic heterocycles. The van der Waals surface area contributed by atoms with Gasteiger partial charge in [0.1, 0.15) is 0 Å². The Balaban J connectivity index is 3.94. The minimum absolute atomic E-state index is 0.0856. The number of rotatable bonds is 2. The number of hydrogen-bond acceptors (Lipinski definition) is 2. The predicted molar refractivity (Wildman–Crippen MR) is 35.1 cm³/mol. The smallest absolute Gasteiger partial charge is 0.210 e. The number of aliphatic hydroxyl groups is 1. The Hall–Kier alpha value is -1.05. The fourth-order valence-electron chi connectivity index (χ4n) is 0.266. The summed E-state index contributed by atoms with van der Waals surface area (Å²) in [6, 6.07) is 0. The van der Waals surface area contributed by atoms with E-state index < -0.39 is 0 Å². The molecule has 0 radical (unpaired) electrons. The lowest BCUT2D eigenvalue weighted by Gasteiger charge is -1.86. The number of nitrogens with zero attached hydrogens (tertiary/aromatic N) is 1. The second-order valence-corrected chi connectivity index (χ2v) is 1.51. The summed E-state index contributed by atoms with van der Waals surface area (Å²) in [5.41, 5.74) is 0.759. The molecule has 44 valence electrons. The van der Waals surface area contributed by atoms with Gasteiger partial charge in [-0.1, -0.05) is 12.2 Å². The molecule has 2 heteroatoms. The summed E-state index contributed by atoms with van der Waals surface area (Å²) in [4.78, 5) is 3.23. The molecule has 0 saturated heterocycles. The minimum Gasteiger partial charge on any atom is -0.493 e. The van der Waals surface area contributed by atoms with Gasteiger partial charge in [-0.3, -0.25) is 0 Å². The van der Waals surface area contributed by atoms with Gasteiger partial charge in [0.2, 0.25) is 5.88 Å². The first-order chi connectivity index (χ1) is 3.66. The number of aliphatic imine (C=N–C) groups is 1. The van der Waals surface area contributed by atoms with Gasteiger partial charge in [-0.05, 0) is 13.6 Å². The summed E-state index contributed by atoms with van der Waals surface area (Å²) in [6.45, 7) is 8.39. The van der Waals surface area contributed by atoms with E-state index in [1.165, 1.54) is 6.08 Å². The van der Waals surface area contributed by atoms with E-state index >= 15 is 0 Å². The normalized spacial score (nSPS) is 10.9. The Morgan fingerprint density at radius 3 is 2.38 bits per heavy atom. The third kappa shape index (κ3) is 3.15. The zero-order valence-electron chi connectivity index (χ0n) is 4.89. The molecule has 0 aliphatic heterocycles. The van der Waals surface area contributed by atoms with E-state index in [1.807, 2.05) is 0 Å². The SMILES string of the molecule is C=N/C(O)=C\C(=C)C. The van der Waals surface area contributed by atoms with Gasteiger partial charge in [0, 0.05) is 6.08 Å². The van der Waals surface area contributed by atoms with Gasteiger partial charge in [-0.15, -0.1) is 0 Å². The fraction of sp³-hybridized carbons (Fsp3) is 0.167. The van der Waals surface area contributed by atoms with Crippen LogP contribution in [0.1, 0.15) is 6.92 Å². The lowest BCUT2D eigenvalue weighted by atomic mass is 10.3. The molecule has 0 aromatic carbocycles. The van der Waals surface area contributed by atoms with E-state index in [0.29, 0.717) is 0 Å². The third-order valence-electron chi connectivity index (χ3n) is 0.537. The molecule has 0 unspecified atom stereocenters. The number of hydrogen-bond donors (Lipinski definition) is 1. The first-order valence-electron chi connectivity index (χ1n) is 2.19. The molecular weight excluding hydrogens is 102 g/mol. The molecule has 0 aromatic rings. The molecule has 0 saturated carbocycles. The molecule has 1 N–H and O–H groups in total. The van der Waals surface area contributed by atoms with Gasteiger partial charge in [-0.2, -0.15) is 0 Å². The van der Waals surface area contributed by atoms with Crippen molar-refractivity contribution >= 4 is 6.72 Å². The maximum Gasteiger partial charge on any atom is 0.210 e. The Labute approximate surface area is 48.9 Å². The van der Waals surface area contributed by atoms with Crippen LogP contribution in [0.3, 0.4) is 0 Å². The molecule has 0 fully saturated rings. The van der Waals surface area contributed by atoms with E-state index in [0.717, 1.165) is 5.57 Å². The van der Waals surface area contributed by atoms with Crippen LogP contribution in [0.25, 0.3) is 0 Å². The molecule has 0 aliphatic rings. The van der Waals surface area contributed by atoms with Gasteiger partial charge in [-0.25, -0.2) is 4.99 Å². The van der Waals surface area contributed by atoms with Crippen molar-refractivity contribution in [3.8, 4) is 0 Å². The summed E-state index contributed by atoms with van der Waals surface area (Å²) in [5, 5.41) is 8.60. The molecule has 0 spiro atoms. The second kappa shape index (κ2) is 3.02. The first kappa shape index (κ1) is 6.95. The van der Waals surface area contributed by atoms with Gasteiger partial charge in [0.05, 0.1) is 0 Å². The topological polar surface area (TPSA) is 32.6 Å². The van der Waals surface area contributed by atoms with Crippen LogP contribution >= 0.6 is 0 Å². The summed E-state index contributed by atoms with van der Waals surface area (Å²) < 4.78 is 0. The van der Waals surface area contributed by atoms with Crippen molar-refractivity contribution in [2.45, 2.75) is 6.92 Å². The van der Waals surface area contributed by atoms with E-state index in [2.05, 4.69) is 18.3 Å². The molecule has 0 aliphatic carbocycles. The molecular formula is C6H9NO. The first-order valence-corrected chi connectivity index (χ1v) is 2.19. The van der Waals surface area contributed by atoms with Crippen molar-refractivity contribution < 1.29 is 5.11 Å². The van der Waals surface area contributed by atoms with Crippen molar-refractivity contribution in [2.75, 3.05) is 0 Å². The van der Waals surface area contributed by atoms with Gasteiger partial charge >= 0.3 is 0 Å². The van der Waals surface area contributed by atoms with Crippen molar-refractivity contribution in [3.05, 3.63) is 24.1 Å². The standard InChI is InChI=1S/C6H9NO/c1-5(2)4-6(8)7-3/h4,8H,1,3H2,2H3/b6-4+. The Morgan fingerprint density at radius 2 is 2.25 bits per heavy atom. The highest BCUT2D eigenvalue weighted by Crippen LogP contribution is 1.94. The quantitative estimate of drug-likeness (QED) is 0.328. The van der Waals surface area contributed by atoms with Crippen LogP contribution in [0.4, 0.5) is 0 Å². The van der Waals surface area contributed by atoms with Crippen molar-refractivity contribution in [2.24, 2.45) is 4.99 Å². The Bertz CT molecular complexity index is 135. The molecule has 0 atom stereocenters. The van der Waals surface area contributed by atoms with Crippen LogP contribution in [0.2, 0.25) is 0 Å². The molecule has 0 amide bonds. The minimum atomic E-state index is -0.0856. The van der Waals surface area contributed by atoms with E-state index in [-0.39, 0.29) is 5.88 Å². The van der Waals surface area contributed by atoms with Crippen LogP contribution in [-0.4, -0.2) is 11.8 Å². The van der Waals surface area contributed by atoms with Gasteiger partial charge < -0.3 is 5.11 Å². The maximum atomic E-state index is 8.60. The fourth-order valence-corrected chi connectivity index (χ4v) is 0.266. The highest BCUT2D eigenvalue weighted by atomic mass is 16.3. The van der Waals surface area contributed by atoms with Crippen LogP contribution in [0, 0.1) is 0 Å². The third-order valence-corrected chi connectivity index (χ3v) is 0.537. The van der Waals surface area contributed by atoms with Crippen molar-refractivity contribution in [3.63, 3.8) is 0 Å². The van der Waals surface area contributed by atoms with Gasteiger partial charge in [0.25, 0.3) is 0 Å². The van der Waals surface area contributed by atoms with Crippen molar-refractivity contribution in [1.29, 1.82) is 0 Å². The Morgan fingerprint density at radius 1 is 1.75 bits per heavy atom. The van der Waals surface area contributed by atoms with Crippen LogP contribution in [0.5, 0.6) is 0 Å².